The number of amides is 3. The molecule has 270 valence electrons. The van der Waals surface area contributed by atoms with Crippen molar-refractivity contribution in [2.24, 2.45) is 11.8 Å². The number of benzene rings is 1. The minimum absolute atomic E-state index is 0.0161. The lowest BCUT2D eigenvalue weighted by Crippen LogP contribution is -2.54. The lowest BCUT2D eigenvalue weighted by atomic mass is 9.85. The fraction of sp³-hybridized carbons (Fsp3) is 0.649. The van der Waals surface area contributed by atoms with E-state index in [0.29, 0.717) is 68.9 Å². The quantitative estimate of drug-likeness (QED) is 0.467. The third-order valence-electron chi connectivity index (χ3n) is 11.8. The van der Waals surface area contributed by atoms with Crippen LogP contribution in [0.2, 0.25) is 5.02 Å². The van der Waals surface area contributed by atoms with Crippen molar-refractivity contribution in [3.05, 3.63) is 57.3 Å². The molecule has 4 saturated heterocycles. The summed E-state index contributed by atoms with van der Waals surface area (Å²) in [6.07, 6.45) is 5.47. The maximum atomic E-state index is 15.1. The summed E-state index contributed by atoms with van der Waals surface area (Å²) in [4.78, 5) is 65.7. The first-order valence-corrected chi connectivity index (χ1v) is 18.8. The zero-order valence-corrected chi connectivity index (χ0v) is 30.0. The number of carbonyl (C=O) groups is 3. The van der Waals surface area contributed by atoms with Crippen LogP contribution in [-0.4, -0.2) is 131 Å². The molecule has 5 atom stereocenters. The Morgan fingerprint density at radius 1 is 0.900 bits per heavy atom. The van der Waals surface area contributed by atoms with Gasteiger partial charge in [0.25, 0.3) is 11.5 Å². The van der Waals surface area contributed by atoms with Crippen molar-refractivity contribution in [3.8, 4) is 0 Å². The van der Waals surface area contributed by atoms with E-state index in [1.165, 1.54) is 6.07 Å². The standard InChI is InChI=1S/C37H50ClN7O5/c1-24-5-11-27(12-6-24)45(37(49)32-4-3-19-50-32)28-20-31(36(48)42-17-15-41(2)16-18-42)44(21-28)35(47)30-23-43(33-13-14-34(46)40-39-33)22-29(30)25-7-9-26(38)10-8-25/h7-10,13-14,24,27-32H,3-6,11-12,15-23H2,1-2H3,(H,40,46)/t24?,27?,28-,29-,30+,31+,32-/m0/s1. The van der Waals surface area contributed by atoms with Gasteiger partial charge in [0, 0.05) is 75.5 Å². The van der Waals surface area contributed by atoms with Crippen LogP contribution in [0, 0.1) is 11.8 Å². The molecule has 1 aromatic carbocycles. The van der Waals surface area contributed by atoms with Crippen LogP contribution in [0.4, 0.5) is 5.82 Å². The van der Waals surface area contributed by atoms with E-state index in [1.54, 1.807) is 6.07 Å². The molecule has 0 spiro atoms. The van der Waals surface area contributed by atoms with Gasteiger partial charge in [0.05, 0.1) is 12.0 Å². The monoisotopic (exact) mass is 707 g/mol. The number of hydrogen-bond acceptors (Lipinski definition) is 8. The van der Waals surface area contributed by atoms with Gasteiger partial charge in [-0.3, -0.25) is 19.2 Å². The van der Waals surface area contributed by atoms with Crippen molar-refractivity contribution in [2.75, 3.05) is 64.4 Å². The maximum Gasteiger partial charge on any atom is 0.264 e. The van der Waals surface area contributed by atoms with Crippen molar-refractivity contribution < 1.29 is 19.1 Å². The lowest BCUT2D eigenvalue weighted by molar-refractivity contribution is -0.148. The average Bonchev–Trinajstić information content (AvgIpc) is 3.91. The van der Waals surface area contributed by atoms with E-state index in [9.17, 15) is 14.4 Å². The molecule has 5 fully saturated rings. The summed E-state index contributed by atoms with van der Waals surface area (Å²) in [6, 6.07) is 9.84. The zero-order valence-electron chi connectivity index (χ0n) is 29.2. The Balaban J connectivity index is 1.22. The molecule has 1 N–H and O–H groups in total. The Kier molecular flexibility index (Phi) is 10.5. The molecule has 1 saturated carbocycles. The number of halogens is 1. The van der Waals surface area contributed by atoms with Crippen LogP contribution in [0.3, 0.4) is 0 Å². The number of ether oxygens (including phenoxy) is 1. The summed E-state index contributed by atoms with van der Waals surface area (Å²) in [7, 11) is 2.06. The van der Waals surface area contributed by atoms with E-state index in [1.807, 2.05) is 39.0 Å². The highest BCUT2D eigenvalue weighted by atomic mass is 35.5. The highest BCUT2D eigenvalue weighted by Crippen LogP contribution is 2.40. The summed E-state index contributed by atoms with van der Waals surface area (Å²) in [5, 5.41) is 7.41. The number of aromatic nitrogens is 2. The van der Waals surface area contributed by atoms with Gasteiger partial charge >= 0.3 is 0 Å². The summed E-state index contributed by atoms with van der Waals surface area (Å²) in [5.74, 6) is 0.418. The van der Waals surface area contributed by atoms with Crippen LogP contribution in [0.15, 0.2) is 41.2 Å². The molecule has 5 heterocycles. The third kappa shape index (κ3) is 7.29. The number of anilines is 1. The topological polar surface area (TPSA) is 122 Å². The van der Waals surface area contributed by atoms with Crippen LogP contribution >= 0.6 is 11.6 Å². The number of piperazine rings is 1. The highest BCUT2D eigenvalue weighted by Gasteiger charge is 2.51. The average molecular weight is 708 g/mol. The van der Waals surface area contributed by atoms with Gasteiger partial charge in [-0.1, -0.05) is 30.7 Å². The minimum atomic E-state index is -0.663. The van der Waals surface area contributed by atoms with Crippen molar-refractivity contribution in [2.45, 2.75) is 82.0 Å². The normalized spacial score (nSPS) is 30.5. The molecular weight excluding hydrogens is 658 g/mol. The Labute approximate surface area is 299 Å². The second kappa shape index (κ2) is 15.0. The Morgan fingerprint density at radius 3 is 2.30 bits per heavy atom. The number of aromatic amines is 1. The Bertz CT molecular complexity index is 1560. The fourth-order valence-electron chi connectivity index (χ4n) is 8.86. The first-order valence-electron chi connectivity index (χ1n) is 18.4. The zero-order chi connectivity index (χ0) is 34.9. The van der Waals surface area contributed by atoms with Crippen LogP contribution in [-0.2, 0) is 19.1 Å². The second-order valence-corrected chi connectivity index (χ2v) is 15.6. The lowest BCUT2D eigenvalue weighted by Gasteiger charge is -2.41. The van der Waals surface area contributed by atoms with Gasteiger partial charge in [-0.25, -0.2) is 5.10 Å². The molecule has 1 aromatic heterocycles. The molecule has 50 heavy (non-hydrogen) atoms. The third-order valence-corrected chi connectivity index (χ3v) is 12.1. The Morgan fingerprint density at radius 2 is 1.64 bits per heavy atom. The van der Waals surface area contributed by atoms with Crippen LogP contribution < -0.4 is 10.5 Å². The second-order valence-electron chi connectivity index (χ2n) is 15.1. The van der Waals surface area contributed by atoms with Crippen molar-refractivity contribution in [1.29, 1.82) is 0 Å². The summed E-state index contributed by atoms with van der Waals surface area (Å²) < 4.78 is 5.94. The van der Waals surface area contributed by atoms with Gasteiger partial charge in [-0.2, -0.15) is 5.10 Å². The number of carbonyl (C=O) groups excluding carboxylic acids is 3. The molecule has 4 aliphatic heterocycles. The van der Waals surface area contributed by atoms with Gasteiger partial charge < -0.3 is 29.2 Å². The number of likely N-dealkylation sites (N-methyl/N-ethyl adjacent to an activating group) is 1. The highest BCUT2D eigenvalue weighted by molar-refractivity contribution is 6.30. The number of H-pyrrole nitrogens is 1. The van der Waals surface area contributed by atoms with Gasteiger partial charge in [0.15, 0.2) is 0 Å². The first-order chi connectivity index (χ1) is 24.2. The summed E-state index contributed by atoms with van der Waals surface area (Å²) >= 11 is 6.27. The van der Waals surface area contributed by atoms with Crippen molar-refractivity contribution in [1.82, 2.24) is 29.8 Å². The van der Waals surface area contributed by atoms with Gasteiger partial charge in [-0.05, 0) is 81.7 Å². The van der Waals surface area contributed by atoms with Gasteiger partial charge in [-0.15, -0.1) is 0 Å². The van der Waals surface area contributed by atoms with E-state index in [-0.39, 0.29) is 41.3 Å². The van der Waals surface area contributed by atoms with Gasteiger partial charge in [0.1, 0.15) is 18.0 Å². The van der Waals surface area contributed by atoms with Crippen LogP contribution in [0.5, 0.6) is 0 Å². The molecular formula is C37H50ClN7O5. The predicted octanol–water partition coefficient (Wildman–Crippen LogP) is 2.97. The molecule has 1 aliphatic carbocycles. The summed E-state index contributed by atoms with van der Waals surface area (Å²) in [5.41, 5.74) is 0.682. The number of nitrogens with one attached hydrogen (secondary N) is 1. The van der Waals surface area contributed by atoms with E-state index in [0.717, 1.165) is 50.8 Å². The summed E-state index contributed by atoms with van der Waals surface area (Å²) in [6.45, 7) is 6.84. The van der Waals surface area contributed by atoms with Crippen molar-refractivity contribution >= 4 is 35.1 Å². The van der Waals surface area contributed by atoms with Crippen LogP contribution in [0.25, 0.3) is 0 Å². The van der Waals surface area contributed by atoms with Crippen molar-refractivity contribution in [3.63, 3.8) is 0 Å². The maximum absolute atomic E-state index is 15.1. The molecule has 5 aliphatic rings. The SMILES string of the molecule is CC1CCC(N(C(=O)[C@@H]2CCCO2)[C@H]2C[C@H](C(=O)N3CCN(C)CC3)N(C(=O)[C@@H]3CN(c4ccc(=O)[nH]n4)C[C@H]3c3ccc(Cl)cc3)C2)CC1. The van der Waals surface area contributed by atoms with E-state index in [2.05, 4.69) is 34.0 Å². The molecule has 13 heteroatoms. The van der Waals surface area contributed by atoms with E-state index < -0.39 is 18.1 Å². The molecule has 0 radical (unpaired) electrons. The number of likely N-dealkylation sites (tertiary alicyclic amines) is 1. The Hall–Kier alpha value is -3.48. The number of rotatable bonds is 7. The molecule has 2 aromatic rings. The smallest absolute Gasteiger partial charge is 0.264 e. The van der Waals surface area contributed by atoms with Crippen LogP contribution in [0.1, 0.15) is 63.4 Å². The number of nitrogens with zero attached hydrogens (tertiary/aromatic N) is 6. The first kappa shape index (κ1) is 34.9. The number of hydrogen-bond donors (Lipinski definition) is 1. The molecule has 12 nitrogen and oxygen atoms in total. The molecule has 0 unspecified atom stereocenters. The molecule has 0 bridgehead atoms. The van der Waals surface area contributed by atoms with E-state index in [4.69, 9.17) is 16.3 Å². The molecule has 3 amide bonds. The minimum Gasteiger partial charge on any atom is -0.368 e. The largest absolute Gasteiger partial charge is 0.368 e. The molecule has 7 rings (SSSR count). The van der Waals surface area contributed by atoms with E-state index >= 15 is 4.79 Å². The fourth-order valence-corrected chi connectivity index (χ4v) is 8.99. The van der Waals surface area contributed by atoms with Gasteiger partial charge in [0.2, 0.25) is 11.8 Å². The predicted molar refractivity (Wildman–Crippen MR) is 190 cm³/mol.